The monoisotopic (exact) mass is 286 g/mol. The average Bonchev–Trinajstić information content (AvgIpc) is 3.18. The van der Waals surface area contributed by atoms with E-state index in [9.17, 15) is 4.79 Å². The first kappa shape index (κ1) is 13.6. The number of carbonyl (C=O) groups excluding carboxylic acids is 1. The molecule has 0 radical (unpaired) electrons. The number of carbonyl (C=O) groups is 1. The Morgan fingerprint density at radius 3 is 2.86 bits per heavy atom. The van der Waals surface area contributed by atoms with Gasteiger partial charge in [0.1, 0.15) is 11.6 Å². The third-order valence-corrected chi connectivity index (χ3v) is 3.17. The maximum atomic E-state index is 12.2. The molecule has 0 bridgehead atoms. The van der Waals surface area contributed by atoms with Gasteiger partial charge in [0.15, 0.2) is 0 Å². The second-order valence-corrected chi connectivity index (χ2v) is 5.44. The summed E-state index contributed by atoms with van der Waals surface area (Å²) >= 11 is 0. The molecule has 3 rings (SSSR count). The molecule has 1 heterocycles. The summed E-state index contributed by atoms with van der Waals surface area (Å²) in [7, 11) is 0. The molecule has 0 aliphatic heterocycles. The number of amides is 1. The topological polar surface area (TPSA) is 79.9 Å². The van der Waals surface area contributed by atoms with E-state index in [1.165, 1.54) is 0 Å². The van der Waals surface area contributed by atoms with Crippen molar-refractivity contribution in [3.8, 4) is 5.75 Å². The summed E-state index contributed by atoms with van der Waals surface area (Å²) in [5, 5.41) is 9.60. The molecule has 1 fully saturated rings. The minimum absolute atomic E-state index is 0.0352. The number of anilines is 1. The predicted octanol–water partition coefficient (Wildman–Crippen LogP) is 2.72. The van der Waals surface area contributed by atoms with Gasteiger partial charge in [0.25, 0.3) is 5.91 Å². The van der Waals surface area contributed by atoms with E-state index in [0.29, 0.717) is 17.4 Å². The number of ether oxygens (including phenoxy) is 1. The summed E-state index contributed by atoms with van der Waals surface area (Å²) in [6.45, 7) is 3.88. The van der Waals surface area contributed by atoms with Crippen molar-refractivity contribution in [1.82, 2.24) is 15.2 Å². The van der Waals surface area contributed by atoms with E-state index < -0.39 is 0 Å². The summed E-state index contributed by atoms with van der Waals surface area (Å²) in [5.41, 5.74) is 0.619. The van der Waals surface area contributed by atoms with Gasteiger partial charge in [-0.15, -0.1) is 5.10 Å². The fourth-order valence-corrected chi connectivity index (χ4v) is 2.02. The van der Waals surface area contributed by atoms with Crippen LogP contribution in [0.1, 0.15) is 49.1 Å². The molecule has 1 aliphatic carbocycles. The molecule has 6 heteroatoms. The van der Waals surface area contributed by atoms with Gasteiger partial charge >= 0.3 is 0 Å². The minimum atomic E-state index is -0.335. The Bertz CT molecular complexity index is 647. The van der Waals surface area contributed by atoms with Crippen LogP contribution in [0.25, 0.3) is 0 Å². The molecule has 0 spiro atoms. The minimum Gasteiger partial charge on any atom is -0.489 e. The molecule has 110 valence electrons. The molecule has 2 aromatic rings. The zero-order chi connectivity index (χ0) is 14.8. The van der Waals surface area contributed by atoms with Crippen LogP contribution in [-0.2, 0) is 0 Å². The number of hydrogen-bond donors (Lipinski definition) is 2. The van der Waals surface area contributed by atoms with E-state index in [0.717, 1.165) is 18.7 Å². The van der Waals surface area contributed by atoms with E-state index in [1.807, 2.05) is 32.0 Å². The van der Waals surface area contributed by atoms with Crippen molar-refractivity contribution in [2.24, 2.45) is 0 Å². The van der Waals surface area contributed by atoms with Gasteiger partial charge in [-0.2, -0.15) is 0 Å². The van der Waals surface area contributed by atoms with Gasteiger partial charge in [-0.3, -0.25) is 9.89 Å². The van der Waals surface area contributed by atoms with Gasteiger partial charge in [-0.05, 0) is 38.8 Å². The lowest BCUT2D eigenvalue weighted by atomic mass is 10.3. The number of nitrogens with zero attached hydrogens (tertiary/aromatic N) is 2. The number of aromatic amines is 1. The molecule has 1 amide bonds. The molecule has 21 heavy (non-hydrogen) atoms. The van der Waals surface area contributed by atoms with E-state index in [2.05, 4.69) is 20.5 Å². The molecule has 6 nitrogen and oxygen atoms in total. The molecular formula is C15H18N4O2. The van der Waals surface area contributed by atoms with Gasteiger partial charge in [-0.25, -0.2) is 4.98 Å². The van der Waals surface area contributed by atoms with Crippen LogP contribution in [0.5, 0.6) is 5.75 Å². The van der Waals surface area contributed by atoms with Gasteiger partial charge in [0.05, 0.1) is 11.8 Å². The van der Waals surface area contributed by atoms with Crippen LogP contribution in [0.15, 0.2) is 24.3 Å². The van der Waals surface area contributed by atoms with Crippen LogP contribution in [0.4, 0.5) is 5.69 Å². The second kappa shape index (κ2) is 5.55. The third kappa shape index (κ3) is 3.21. The molecule has 0 unspecified atom stereocenters. The summed E-state index contributed by atoms with van der Waals surface area (Å²) < 4.78 is 5.67. The van der Waals surface area contributed by atoms with Crippen molar-refractivity contribution in [3.63, 3.8) is 0 Å². The van der Waals surface area contributed by atoms with Crippen molar-refractivity contribution in [1.29, 1.82) is 0 Å². The van der Waals surface area contributed by atoms with Crippen LogP contribution in [0, 0.1) is 0 Å². The highest BCUT2D eigenvalue weighted by molar-refractivity contribution is 6.02. The zero-order valence-electron chi connectivity index (χ0n) is 12.1. The second-order valence-electron chi connectivity index (χ2n) is 5.44. The van der Waals surface area contributed by atoms with Crippen LogP contribution < -0.4 is 10.1 Å². The lowest BCUT2D eigenvalue weighted by Crippen LogP contribution is -2.16. The van der Waals surface area contributed by atoms with E-state index >= 15 is 0 Å². The number of hydrogen-bond acceptors (Lipinski definition) is 4. The Kier molecular flexibility index (Phi) is 3.60. The standard InChI is InChI=1S/C15H18N4O2/c1-9(2)21-12-6-4-3-5-11(12)16-15(20)14-17-13(18-19-14)10-7-8-10/h3-6,9-10H,7-8H2,1-2H3,(H,16,20)(H,17,18,19). The highest BCUT2D eigenvalue weighted by atomic mass is 16.5. The molecule has 1 aliphatic rings. The average molecular weight is 286 g/mol. The fraction of sp³-hybridized carbons (Fsp3) is 0.400. The maximum absolute atomic E-state index is 12.2. The van der Waals surface area contributed by atoms with E-state index in [-0.39, 0.29) is 17.8 Å². The molecule has 2 N–H and O–H groups in total. The Hall–Kier alpha value is -2.37. The molecule has 0 saturated heterocycles. The van der Waals surface area contributed by atoms with Crippen LogP contribution in [0.3, 0.4) is 0 Å². The summed E-state index contributed by atoms with van der Waals surface area (Å²) in [6, 6.07) is 7.33. The number of aromatic nitrogens is 3. The maximum Gasteiger partial charge on any atom is 0.295 e. The van der Waals surface area contributed by atoms with Crippen LogP contribution in [0.2, 0.25) is 0 Å². The molecule has 1 saturated carbocycles. The van der Waals surface area contributed by atoms with Gasteiger partial charge in [0.2, 0.25) is 5.82 Å². The highest BCUT2D eigenvalue weighted by Gasteiger charge is 2.28. The SMILES string of the molecule is CC(C)Oc1ccccc1NC(=O)c1n[nH]c(C2CC2)n1. The fourth-order valence-electron chi connectivity index (χ4n) is 2.02. The Balaban J connectivity index is 1.74. The number of benzene rings is 1. The van der Waals surface area contributed by atoms with E-state index in [1.54, 1.807) is 6.07 Å². The van der Waals surface area contributed by atoms with Crippen LogP contribution >= 0.6 is 0 Å². The normalized spacial score (nSPS) is 14.2. The van der Waals surface area contributed by atoms with Gasteiger partial charge < -0.3 is 10.1 Å². The smallest absolute Gasteiger partial charge is 0.295 e. The molecular weight excluding hydrogens is 268 g/mol. The van der Waals surface area contributed by atoms with E-state index in [4.69, 9.17) is 4.74 Å². The number of rotatable bonds is 5. The first-order valence-corrected chi connectivity index (χ1v) is 7.13. The van der Waals surface area contributed by atoms with Crippen molar-refractivity contribution in [2.75, 3.05) is 5.32 Å². The lowest BCUT2D eigenvalue weighted by Gasteiger charge is -2.14. The quantitative estimate of drug-likeness (QED) is 0.885. The third-order valence-electron chi connectivity index (χ3n) is 3.17. The molecule has 1 aromatic carbocycles. The summed E-state index contributed by atoms with van der Waals surface area (Å²) in [5.74, 6) is 1.70. The van der Waals surface area contributed by atoms with Gasteiger partial charge in [-0.1, -0.05) is 12.1 Å². The lowest BCUT2D eigenvalue weighted by molar-refractivity contribution is 0.101. The van der Waals surface area contributed by atoms with Crippen molar-refractivity contribution in [2.45, 2.75) is 38.7 Å². The zero-order valence-corrected chi connectivity index (χ0v) is 12.1. The van der Waals surface area contributed by atoms with Gasteiger partial charge in [0, 0.05) is 5.92 Å². The first-order chi connectivity index (χ1) is 10.1. The van der Waals surface area contributed by atoms with Crippen molar-refractivity contribution in [3.05, 3.63) is 35.9 Å². The van der Waals surface area contributed by atoms with Crippen molar-refractivity contribution < 1.29 is 9.53 Å². The Morgan fingerprint density at radius 2 is 2.14 bits per heavy atom. The Labute approximate surface area is 122 Å². The predicted molar refractivity (Wildman–Crippen MR) is 78.5 cm³/mol. The van der Waals surface area contributed by atoms with Crippen molar-refractivity contribution >= 4 is 11.6 Å². The molecule has 1 aromatic heterocycles. The number of H-pyrrole nitrogens is 1. The van der Waals surface area contributed by atoms with Crippen LogP contribution in [-0.4, -0.2) is 27.2 Å². The summed E-state index contributed by atoms with van der Waals surface area (Å²) in [4.78, 5) is 16.4. The highest BCUT2D eigenvalue weighted by Crippen LogP contribution is 2.37. The number of para-hydroxylation sites is 2. The molecule has 0 atom stereocenters. The largest absolute Gasteiger partial charge is 0.489 e. The summed E-state index contributed by atoms with van der Waals surface area (Å²) in [6.07, 6.45) is 2.26. The Morgan fingerprint density at radius 1 is 1.38 bits per heavy atom. The number of nitrogens with one attached hydrogen (secondary N) is 2. The first-order valence-electron chi connectivity index (χ1n) is 7.13.